The van der Waals surface area contributed by atoms with Gasteiger partial charge in [-0.15, -0.1) is 0 Å². The molecular formula is C16H21N3O. The molecule has 4 heteroatoms. The fourth-order valence-corrected chi connectivity index (χ4v) is 2.99. The number of piperidine rings is 1. The van der Waals surface area contributed by atoms with Crippen molar-refractivity contribution in [1.29, 1.82) is 0 Å². The molecule has 3 rings (SSSR count). The lowest BCUT2D eigenvalue weighted by molar-refractivity contribution is 0.0686. The Morgan fingerprint density at radius 3 is 2.80 bits per heavy atom. The Labute approximate surface area is 119 Å². The Kier molecular flexibility index (Phi) is 3.74. The van der Waals surface area contributed by atoms with Gasteiger partial charge in [0.05, 0.1) is 0 Å². The van der Waals surface area contributed by atoms with Gasteiger partial charge in [-0.3, -0.25) is 4.79 Å². The summed E-state index contributed by atoms with van der Waals surface area (Å²) in [5, 5.41) is 4.32. The summed E-state index contributed by atoms with van der Waals surface area (Å²) < 4.78 is 0. The van der Waals surface area contributed by atoms with Crippen LogP contribution in [0.15, 0.2) is 30.3 Å². The normalized spacial score (nSPS) is 16.8. The average Bonchev–Trinajstić information content (AvgIpc) is 2.91. The summed E-state index contributed by atoms with van der Waals surface area (Å²) >= 11 is 0. The third kappa shape index (κ3) is 2.56. The fraction of sp³-hybridized carbons (Fsp3) is 0.438. The number of carbonyl (C=O) groups is 1. The highest BCUT2D eigenvalue weighted by atomic mass is 16.2. The number of fused-ring (bicyclic) bond motifs is 1. The zero-order valence-corrected chi connectivity index (χ0v) is 11.9. The summed E-state index contributed by atoms with van der Waals surface area (Å²) in [6.07, 6.45) is 2.18. The summed E-state index contributed by atoms with van der Waals surface area (Å²) in [5.41, 5.74) is 1.74. The minimum Gasteiger partial charge on any atom is -0.351 e. The van der Waals surface area contributed by atoms with E-state index < -0.39 is 0 Å². The molecule has 0 radical (unpaired) electrons. The number of nitrogens with zero attached hydrogens (tertiary/aromatic N) is 1. The zero-order chi connectivity index (χ0) is 13.9. The summed E-state index contributed by atoms with van der Waals surface area (Å²) in [7, 11) is 1.99. The van der Waals surface area contributed by atoms with E-state index in [-0.39, 0.29) is 5.91 Å². The summed E-state index contributed by atoms with van der Waals surface area (Å²) in [6, 6.07) is 9.97. The third-order valence-corrected chi connectivity index (χ3v) is 4.15. The van der Waals surface area contributed by atoms with Crippen LogP contribution in [0.1, 0.15) is 23.3 Å². The predicted molar refractivity (Wildman–Crippen MR) is 80.9 cm³/mol. The minimum atomic E-state index is 0.129. The Morgan fingerprint density at radius 2 is 2.10 bits per heavy atom. The van der Waals surface area contributed by atoms with Crippen LogP contribution in [0.25, 0.3) is 10.9 Å². The van der Waals surface area contributed by atoms with E-state index in [0.717, 1.165) is 43.4 Å². The maximum atomic E-state index is 12.5. The maximum absolute atomic E-state index is 12.5. The lowest BCUT2D eigenvalue weighted by Crippen LogP contribution is -2.40. The number of aromatic nitrogens is 1. The number of benzene rings is 1. The number of aromatic amines is 1. The lowest BCUT2D eigenvalue weighted by Gasteiger charge is -2.31. The van der Waals surface area contributed by atoms with Crippen LogP contribution in [0.3, 0.4) is 0 Å². The molecule has 0 spiro atoms. The van der Waals surface area contributed by atoms with Gasteiger partial charge in [0, 0.05) is 24.0 Å². The van der Waals surface area contributed by atoms with Crippen LogP contribution in [-0.2, 0) is 0 Å². The molecule has 0 aliphatic carbocycles. The van der Waals surface area contributed by atoms with Crippen LogP contribution in [-0.4, -0.2) is 42.5 Å². The standard InChI is InChI=1S/C16H21N3O/c1-17-11-12-6-8-19(9-7-12)16(20)15-10-13-4-2-3-5-14(13)18-15/h2-5,10,12,17-18H,6-9,11H2,1H3. The molecule has 2 aromatic rings. The van der Waals surface area contributed by atoms with Gasteiger partial charge in [0.2, 0.25) is 0 Å². The predicted octanol–water partition coefficient (Wildman–Crippen LogP) is 2.24. The molecule has 1 saturated heterocycles. The third-order valence-electron chi connectivity index (χ3n) is 4.15. The fourth-order valence-electron chi connectivity index (χ4n) is 2.99. The molecule has 0 bridgehead atoms. The van der Waals surface area contributed by atoms with Gasteiger partial charge in [0.15, 0.2) is 0 Å². The van der Waals surface area contributed by atoms with Crippen molar-refractivity contribution >= 4 is 16.8 Å². The number of para-hydroxylation sites is 1. The van der Waals surface area contributed by atoms with Gasteiger partial charge in [-0.2, -0.15) is 0 Å². The van der Waals surface area contributed by atoms with E-state index in [4.69, 9.17) is 0 Å². The van der Waals surface area contributed by atoms with Crippen LogP contribution in [0, 0.1) is 5.92 Å². The van der Waals surface area contributed by atoms with Crippen molar-refractivity contribution in [2.45, 2.75) is 12.8 Å². The van der Waals surface area contributed by atoms with Gasteiger partial charge in [-0.1, -0.05) is 18.2 Å². The first-order valence-corrected chi connectivity index (χ1v) is 7.29. The topological polar surface area (TPSA) is 48.1 Å². The molecule has 1 aliphatic heterocycles. The smallest absolute Gasteiger partial charge is 0.270 e. The Balaban J connectivity index is 1.70. The molecule has 20 heavy (non-hydrogen) atoms. The Morgan fingerprint density at radius 1 is 1.35 bits per heavy atom. The van der Waals surface area contributed by atoms with Crippen LogP contribution >= 0.6 is 0 Å². The first-order chi connectivity index (χ1) is 9.78. The molecule has 1 fully saturated rings. The number of amides is 1. The summed E-state index contributed by atoms with van der Waals surface area (Å²) in [6.45, 7) is 2.77. The molecule has 1 amide bonds. The largest absolute Gasteiger partial charge is 0.351 e. The van der Waals surface area contributed by atoms with Crippen molar-refractivity contribution in [3.63, 3.8) is 0 Å². The van der Waals surface area contributed by atoms with Crippen LogP contribution in [0.5, 0.6) is 0 Å². The van der Waals surface area contributed by atoms with Gasteiger partial charge in [-0.25, -0.2) is 0 Å². The van der Waals surface area contributed by atoms with Gasteiger partial charge < -0.3 is 15.2 Å². The van der Waals surface area contributed by atoms with Crippen molar-refractivity contribution in [3.05, 3.63) is 36.0 Å². The van der Waals surface area contributed by atoms with Crippen LogP contribution in [0.2, 0.25) is 0 Å². The van der Waals surface area contributed by atoms with Crippen LogP contribution < -0.4 is 5.32 Å². The molecule has 2 N–H and O–H groups in total. The molecule has 0 unspecified atom stereocenters. The van der Waals surface area contributed by atoms with E-state index >= 15 is 0 Å². The van der Waals surface area contributed by atoms with Crippen molar-refractivity contribution in [1.82, 2.24) is 15.2 Å². The number of hydrogen-bond donors (Lipinski definition) is 2. The molecule has 1 aromatic heterocycles. The molecule has 0 saturated carbocycles. The second-order valence-corrected chi connectivity index (χ2v) is 5.56. The van der Waals surface area contributed by atoms with E-state index in [9.17, 15) is 4.79 Å². The second kappa shape index (κ2) is 5.67. The van der Waals surface area contributed by atoms with E-state index in [2.05, 4.69) is 10.3 Å². The van der Waals surface area contributed by atoms with Gasteiger partial charge >= 0.3 is 0 Å². The quantitative estimate of drug-likeness (QED) is 0.899. The summed E-state index contributed by atoms with van der Waals surface area (Å²) in [4.78, 5) is 17.7. The Hall–Kier alpha value is -1.81. The van der Waals surface area contributed by atoms with Crippen molar-refractivity contribution < 1.29 is 4.79 Å². The van der Waals surface area contributed by atoms with Crippen molar-refractivity contribution in [2.24, 2.45) is 5.92 Å². The number of nitrogens with one attached hydrogen (secondary N) is 2. The van der Waals surface area contributed by atoms with E-state index in [1.165, 1.54) is 0 Å². The van der Waals surface area contributed by atoms with E-state index in [1.54, 1.807) is 0 Å². The number of H-pyrrole nitrogens is 1. The second-order valence-electron chi connectivity index (χ2n) is 5.56. The highest BCUT2D eigenvalue weighted by Gasteiger charge is 2.24. The maximum Gasteiger partial charge on any atom is 0.270 e. The number of likely N-dealkylation sites (tertiary alicyclic amines) is 1. The molecule has 2 heterocycles. The highest BCUT2D eigenvalue weighted by molar-refractivity contribution is 5.98. The average molecular weight is 271 g/mol. The first-order valence-electron chi connectivity index (χ1n) is 7.29. The Bertz CT molecular complexity index is 564. The van der Waals surface area contributed by atoms with E-state index in [0.29, 0.717) is 11.6 Å². The molecule has 1 aliphatic rings. The molecule has 1 aromatic carbocycles. The van der Waals surface area contributed by atoms with Gasteiger partial charge in [0.25, 0.3) is 5.91 Å². The molecule has 0 atom stereocenters. The minimum absolute atomic E-state index is 0.129. The number of carbonyl (C=O) groups excluding carboxylic acids is 1. The molecular weight excluding hydrogens is 250 g/mol. The number of hydrogen-bond acceptors (Lipinski definition) is 2. The lowest BCUT2D eigenvalue weighted by atomic mass is 9.96. The van der Waals surface area contributed by atoms with Gasteiger partial charge in [0.1, 0.15) is 5.69 Å². The monoisotopic (exact) mass is 271 g/mol. The van der Waals surface area contributed by atoms with Crippen LogP contribution in [0.4, 0.5) is 0 Å². The van der Waals surface area contributed by atoms with E-state index in [1.807, 2.05) is 42.3 Å². The van der Waals surface area contributed by atoms with Gasteiger partial charge in [-0.05, 0) is 44.5 Å². The SMILES string of the molecule is CNCC1CCN(C(=O)c2cc3ccccc3[nH]2)CC1. The van der Waals surface area contributed by atoms with Crippen molar-refractivity contribution in [3.8, 4) is 0 Å². The van der Waals surface area contributed by atoms with Crippen molar-refractivity contribution in [2.75, 3.05) is 26.7 Å². The highest BCUT2D eigenvalue weighted by Crippen LogP contribution is 2.20. The zero-order valence-electron chi connectivity index (χ0n) is 11.9. The summed E-state index contributed by atoms with van der Waals surface area (Å²) in [5.74, 6) is 0.830. The number of rotatable bonds is 3. The molecule has 106 valence electrons. The molecule has 4 nitrogen and oxygen atoms in total. The first kappa shape index (κ1) is 13.2.